The van der Waals surface area contributed by atoms with Crippen molar-refractivity contribution in [1.82, 2.24) is 9.97 Å². The Bertz CT molecular complexity index is 578. The van der Waals surface area contributed by atoms with Crippen molar-refractivity contribution >= 4 is 33.9 Å². The fourth-order valence-corrected chi connectivity index (χ4v) is 1.41. The third-order valence-electron chi connectivity index (χ3n) is 1.91. The quantitative estimate of drug-likeness (QED) is 0.612. The number of hydrogen-bond acceptors (Lipinski definition) is 3. The van der Waals surface area contributed by atoms with E-state index in [-0.39, 0.29) is 10.7 Å². The Hall–Kier alpha value is -1.95. The van der Waals surface area contributed by atoms with Crippen LogP contribution in [0.5, 0.6) is 0 Å². The first-order valence-electron chi connectivity index (χ1n) is 4.21. The van der Waals surface area contributed by atoms with Gasteiger partial charge in [-0.1, -0.05) is 0 Å². The van der Waals surface area contributed by atoms with Crippen LogP contribution in [0.4, 0.5) is 5.69 Å². The molecule has 0 fully saturated rings. The smallest absolute Gasteiger partial charge is 0.258 e. The van der Waals surface area contributed by atoms with Gasteiger partial charge in [0.05, 0.1) is 17.2 Å². The number of hydrogen-bond donors (Lipinski definition) is 3. The lowest BCUT2D eigenvalue weighted by atomic mass is 10.2. The van der Waals surface area contributed by atoms with Gasteiger partial charge in [-0.05, 0) is 30.4 Å². The molecule has 0 unspecified atom stereocenters. The minimum Gasteiger partial charge on any atom is -0.376 e. The molecule has 6 heteroatoms. The Morgan fingerprint density at radius 2 is 2.33 bits per heavy atom. The average molecular weight is 220 g/mol. The van der Waals surface area contributed by atoms with Gasteiger partial charge < -0.3 is 16.0 Å². The van der Waals surface area contributed by atoms with Gasteiger partial charge in [-0.25, -0.2) is 4.98 Å². The van der Waals surface area contributed by atoms with Crippen molar-refractivity contribution in [1.29, 1.82) is 0 Å². The van der Waals surface area contributed by atoms with Gasteiger partial charge >= 0.3 is 0 Å². The summed E-state index contributed by atoms with van der Waals surface area (Å²) in [5.41, 5.74) is 6.44. The Balaban J connectivity index is 2.59. The number of thiocarbonyl (C=S) groups is 1. The highest BCUT2D eigenvalue weighted by Gasteiger charge is 2.00. The summed E-state index contributed by atoms with van der Waals surface area (Å²) in [6.07, 6.45) is 1.37. The molecule has 0 aliphatic heterocycles. The topological polar surface area (TPSA) is 83.8 Å². The molecule has 0 saturated carbocycles. The predicted molar refractivity (Wildman–Crippen MR) is 62.8 cm³/mol. The highest BCUT2D eigenvalue weighted by molar-refractivity contribution is 7.80. The third-order valence-corrected chi connectivity index (χ3v) is 2.01. The van der Waals surface area contributed by atoms with Crippen molar-refractivity contribution in [2.75, 3.05) is 5.32 Å². The van der Waals surface area contributed by atoms with Crippen LogP contribution in [0.2, 0.25) is 0 Å². The summed E-state index contributed by atoms with van der Waals surface area (Å²) in [7, 11) is 0. The molecule has 2 aromatic rings. The minimum absolute atomic E-state index is 0.162. The van der Waals surface area contributed by atoms with Crippen LogP contribution in [-0.2, 0) is 0 Å². The molecular formula is C9H8N4OS. The van der Waals surface area contributed by atoms with E-state index in [1.54, 1.807) is 18.2 Å². The summed E-state index contributed by atoms with van der Waals surface area (Å²) >= 11 is 4.70. The summed E-state index contributed by atoms with van der Waals surface area (Å²) in [5, 5.41) is 3.41. The largest absolute Gasteiger partial charge is 0.376 e. The molecule has 0 spiro atoms. The maximum absolute atomic E-state index is 11.4. The fourth-order valence-electron chi connectivity index (χ4n) is 1.29. The summed E-state index contributed by atoms with van der Waals surface area (Å²) in [5.74, 6) is 0. The van der Waals surface area contributed by atoms with Gasteiger partial charge in [0.15, 0.2) is 5.11 Å². The lowest BCUT2D eigenvalue weighted by Gasteiger charge is -2.03. The number of nitrogens with one attached hydrogen (secondary N) is 2. The zero-order valence-electron chi connectivity index (χ0n) is 7.65. The van der Waals surface area contributed by atoms with Gasteiger partial charge in [0, 0.05) is 5.69 Å². The number of anilines is 1. The van der Waals surface area contributed by atoms with E-state index in [0.717, 1.165) is 0 Å². The first kappa shape index (κ1) is 9.60. The molecule has 1 aromatic heterocycles. The van der Waals surface area contributed by atoms with Gasteiger partial charge in [-0.2, -0.15) is 0 Å². The standard InChI is InChI=1S/C9H8N4OS/c10-9(15)13-5-1-2-7-6(3-5)8(14)12-4-11-7/h1-4H,(H3,10,13,15)(H,11,12,14). The summed E-state index contributed by atoms with van der Waals surface area (Å²) in [4.78, 5) is 17.9. The van der Waals surface area contributed by atoms with Crippen LogP contribution in [0.3, 0.4) is 0 Å². The number of rotatable bonds is 1. The highest BCUT2D eigenvalue weighted by atomic mass is 32.1. The molecule has 15 heavy (non-hydrogen) atoms. The van der Waals surface area contributed by atoms with Crippen molar-refractivity contribution in [2.45, 2.75) is 0 Å². The highest BCUT2D eigenvalue weighted by Crippen LogP contribution is 2.13. The van der Waals surface area contributed by atoms with Crippen molar-refractivity contribution in [3.05, 3.63) is 34.9 Å². The maximum atomic E-state index is 11.4. The Kier molecular flexibility index (Phi) is 2.34. The number of nitrogens with zero attached hydrogens (tertiary/aromatic N) is 1. The molecule has 0 aliphatic carbocycles. The Morgan fingerprint density at radius 1 is 1.53 bits per heavy atom. The molecule has 5 nitrogen and oxygen atoms in total. The van der Waals surface area contributed by atoms with Gasteiger partial charge in [0.1, 0.15) is 0 Å². The van der Waals surface area contributed by atoms with Crippen LogP contribution in [0.25, 0.3) is 10.9 Å². The Morgan fingerprint density at radius 3 is 3.07 bits per heavy atom. The van der Waals surface area contributed by atoms with Gasteiger partial charge in [0.2, 0.25) is 0 Å². The van der Waals surface area contributed by atoms with Crippen LogP contribution in [0, 0.1) is 0 Å². The van der Waals surface area contributed by atoms with Crippen LogP contribution in [0.1, 0.15) is 0 Å². The average Bonchev–Trinajstić information content (AvgIpc) is 2.18. The van der Waals surface area contributed by atoms with E-state index in [4.69, 9.17) is 18.0 Å². The monoisotopic (exact) mass is 220 g/mol. The second kappa shape index (κ2) is 3.66. The molecule has 76 valence electrons. The van der Waals surface area contributed by atoms with E-state index in [0.29, 0.717) is 16.6 Å². The molecule has 1 heterocycles. The third kappa shape index (κ3) is 1.94. The molecule has 0 amide bonds. The van der Waals surface area contributed by atoms with E-state index < -0.39 is 0 Å². The molecule has 0 atom stereocenters. The van der Waals surface area contributed by atoms with Crippen LogP contribution < -0.4 is 16.6 Å². The van der Waals surface area contributed by atoms with Gasteiger partial charge in [-0.3, -0.25) is 4.79 Å². The maximum Gasteiger partial charge on any atom is 0.258 e. The second-order valence-corrected chi connectivity index (χ2v) is 3.39. The fraction of sp³-hybridized carbons (Fsp3) is 0. The number of fused-ring (bicyclic) bond motifs is 1. The minimum atomic E-state index is -0.188. The van der Waals surface area contributed by atoms with E-state index in [9.17, 15) is 4.79 Å². The SMILES string of the molecule is NC(=S)Nc1ccc2nc[nH]c(=O)c2c1. The number of benzene rings is 1. The summed E-state index contributed by atoms with van der Waals surface area (Å²) in [6, 6.07) is 5.14. The van der Waals surface area contributed by atoms with E-state index in [1.807, 2.05) is 0 Å². The van der Waals surface area contributed by atoms with Crippen molar-refractivity contribution in [3.63, 3.8) is 0 Å². The number of H-pyrrole nitrogens is 1. The van der Waals surface area contributed by atoms with E-state index in [1.165, 1.54) is 6.33 Å². The normalized spacial score (nSPS) is 10.1. The molecule has 0 saturated heterocycles. The molecular weight excluding hydrogens is 212 g/mol. The second-order valence-electron chi connectivity index (χ2n) is 2.95. The van der Waals surface area contributed by atoms with Crippen molar-refractivity contribution in [2.24, 2.45) is 5.73 Å². The Labute approximate surface area is 90.3 Å². The molecule has 1 aromatic carbocycles. The molecule has 2 rings (SSSR count). The zero-order valence-corrected chi connectivity index (χ0v) is 8.47. The first-order valence-corrected chi connectivity index (χ1v) is 4.61. The summed E-state index contributed by atoms with van der Waals surface area (Å²) < 4.78 is 0. The van der Waals surface area contributed by atoms with Crippen molar-refractivity contribution < 1.29 is 0 Å². The first-order chi connectivity index (χ1) is 7.16. The molecule has 0 bridgehead atoms. The number of aromatic amines is 1. The molecule has 0 aliphatic rings. The number of aromatic nitrogens is 2. The predicted octanol–water partition coefficient (Wildman–Crippen LogP) is 0.579. The lowest BCUT2D eigenvalue weighted by molar-refractivity contribution is 1.17. The summed E-state index contributed by atoms with van der Waals surface area (Å²) in [6.45, 7) is 0. The molecule has 0 radical (unpaired) electrons. The van der Waals surface area contributed by atoms with E-state index >= 15 is 0 Å². The zero-order chi connectivity index (χ0) is 10.8. The van der Waals surface area contributed by atoms with Gasteiger partial charge in [-0.15, -0.1) is 0 Å². The van der Waals surface area contributed by atoms with E-state index in [2.05, 4.69) is 15.3 Å². The molecule has 4 N–H and O–H groups in total. The van der Waals surface area contributed by atoms with Crippen LogP contribution in [-0.4, -0.2) is 15.1 Å². The van der Waals surface area contributed by atoms with Crippen LogP contribution >= 0.6 is 12.2 Å². The van der Waals surface area contributed by atoms with Crippen molar-refractivity contribution in [3.8, 4) is 0 Å². The lowest BCUT2D eigenvalue weighted by Crippen LogP contribution is -2.19. The van der Waals surface area contributed by atoms with Gasteiger partial charge in [0.25, 0.3) is 5.56 Å². The van der Waals surface area contributed by atoms with Crippen LogP contribution in [0.15, 0.2) is 29.3 Å². The number of nitrogens with two attached hydrogens (primary N) is 1.